The van der Waals surface area contributed by atoms with Crippen molar-refractivity contribution >= 4 is 5.91 Å². The normalized spacial score (nSPS) is 26.3. The number of ether oxygens (including phenoxy) is 1. The Labute approximate surface area is 152 Å². The van der Waals surface area contributed by atoms with Crippen LogP contribution in [-0.4, -0.2) is 42.1 Å². The zero-order valence-corrected chi connectivity index (χ0v) is 14.6. The quantitative estimate of drug-likeness (QED) is 0.913. The zero-order valence-electron chi connectivity index (χ0n) is 14.6. The molecule has 2 aromatic rings. The molecule has 1 N–H and O–H groups in total. The first-order valence-corrected chi connectivity index (χ1v) is 9.07. The molecular weight excluding hydrogens is 335 g/mol. The zero-order chi connectivity index (χ0) is 18.0. The minimum Gasteiger partial charge on any atom is -0.459 e. The summed E-state index contributed by atoms with van der Waals surface area (Å²) in [6.45, 7) is 3.20. The predicted molar refractivity (Wildman–Crippen MR) is 94.2 cm³/mol. The minimum absolute atomic E-state index is 0.0899. The van der Waals surface area contributed by atoms with Crippen LogP contribution < -0.4 is 5.32 Å². The highest BCUT2D eigenvalue weighted by Crippen LogP contribution is 2.35. The SMILES string of the molecule is O=C(N[C@H]1CCO[C@]2(CCN(Cc3ccc(F)cc3)C2)C1)c1ccco1. The molecule has 6 heteroatoms. The first kappa shape index (κ1) is 17.2. The third kappa shape index (κ3) is 3.81. The van der Waals surface area contributed by atoms with Crippen LogP contribution in [0.25, 0.3) is 0 Å². The van der Waals surface area contributed by atoms with Crippen LogP contribution in [0, 0.1) is 5.82 Å². The molecule has 0 unspecified atom stereocenters. The van der Waals surface area contributed by atoms with Crippen molar-refractivity contribution in [3.8, 4) is 0 Å². The van der Waals surface area contributed by atoms with Gasteiger partial charge in [-0.05, 0) is 49.1 Å². The van der Waals surface area contributed by atoms with Crippen molar-refractivity contribution in [1.82, 2.24) is 10.2 Å². The molecule has 2 fully saturated rings. The van der Waals surface area contributed by atoms with Gasteiger partial charge in [0, 0.05) is 32.3 Å². The number of benzene rings is 1. The fourth-order valence-electron chi connectivity index (χ4n) is 4.01. The number of hydrogen-bond donors (Lipinski definition) is 1. The lowest BCUT2D eigenvalue weighted by Gasteiger charge is -2.38. The number of hydrogen-bond acceptors (Lipinski definition) is 4. The van der Waals surface area contributed by atoms with Gasteiger partial charge in [-0.1, -0.05) is 12.1 Å². The fourth-order valence-corrected chi connectivity index (χ4v) is 4.01. The second-order valence-electron chi connectivity index (χ2n) is 7.26. The Bertz CT molecular complexity index is 747. The Morgan fingerprint density at radius 3 is 2.92 bits per heavy atom. The van der Waals surface area contributed by atoms with E-state index in [0.29, 0.717) is 12.4 Å². The van der Waals surface area contributed by atoms with Gasteiger partial charge in [-0.3, -0.25) is 9.69 Å². The number of halogens is 1. The van der Waals surface area contributed by atoms with Gasteiger partial charge in [0.15, 0.2) is 5.76 Å². The fraction of sp³-hybridized carbons (Fsp3) is 0.450. The predicted octanol–water partition coefficient (Wildman–Crippen LogP) is 2.97. The highest BCUT2D eigenvalue weighted by atomic mass is 19.1. The molecule has 0 aliphatic carbocycles. The molecule has 1 amide bonds. The highest BCUT2D eigenvalue weighted by molar-refractivity contribution is 5.91. The molecule has 4 rings (SSSR count). The van der Waals surface area contributed by atoms with Crippen LogP contribution >= 0.6 is 0 Å². The maximum atomic E-state index is 13.1. The molecule has 0 bridgehead atoms. The molecule has 1 aromatic heterocycles. The molecule has 2 atom stereocenters. The van der Waals surface area contributed by atoms with E-state index in [9.17, 15) is 9.18 Å². The maximum absolute atomic E-state index is 13.1. The Hall–Kier alpha value is -2.18. The van der Waals surface area contributed by atoms with Gasteiger partial charge in [0.05, 0.1) is 11.9 Å². The average Bonchev–Trinajstić information content (AvgIpc) is 3.28. The van der Waals surface area contributed by atoms with Crippen LogP contribution in [-0.2, 0) is 11.3 Å². The van der Waals surface area contributed by atoms with E-state index in [1.54, 1.807) is 12.1 Å². The number of carbonyl (C=O) groups excluding carboxylic acids is 1. The maximum Gasteiger partial charge on any atom is 0.287 e. The van der Waals surface area contributed by atoms with Crippen molar-refractivity contribution in [3.05, 3.63) is 59.8 Å². The lowest BCUT2D eigenvalue weighted by molar-refractivity contribution is -0.0793. The molecule has 1 spiro atoms. The third-order valence-corrected chi connectivity index (χ3v) is 5.29. The molecule has 0 saturated carbocycles. The van der Waals surface area contributed by atoms with Gasteiger partial charge in [0.1, 0.15) is 5.82 Å². The Balaban J connectivity index is 1.35. The molecule has 3 heterocycles. The lowest BCUT2D eigenvalue weighted by atomic mass is 9.89. The number of nitrogens with zero attached hydrogens (tertiary/aromatic N) is 1. The molecule has 2 saturated heterocycles. The number of rotatable bonds is 4. The molecule has 5 nitrogen and oxygen atoms in total. The second-order valence-corrected chi connectivity index (χ2v) is 7.26. The second kappa shape index (κ2) is 7.21. The van der Waals surface area contributed by atoms with Crippen molar-refractivity contribution in [2.75, 3.05) is 19.7 Å². The largest absolute Gasteiger partial charge is 0.459 e. The van der Waals surface area contributed by atoms with E-state index in [2.05, 4.69) is 10.2 Å². The molecule has 138 valence electrons. The number of amides is 1. The van der Waals surface area contributed by atoms with Crippen molar-refractivity contribution in [2.24, 2.45) is 0 Å². The lowest BCUT2D eigenvalue weighted by Crippen LogP contribution is -2.49. The first-order chi connectivity index (χ1) is 12.6. The van der Waals surface area contributed by atoms with E-state index in [4.69, 9.17) is 9.15 Å². The smallest absolute Gasteiger partial charge is 0.287 e. The summed E-state index contributed by atoms with van der Waals surface area (Å²) in [5, 5.41) is 3.07. The number of furan rings is 1. The summed E-state index contributed by atoms with van der Waals surface area (Å²) in [6, 6.07) is 10.1. The van der Waals surface area contributed by atoms with E-state index in [-0.39, 0.29) is 23.4 Å². The van der Waals surface area contributed by atoms with Crippen LogP contribution in [0.2, 0.25) is 0 Å². The monoisotopic (exact) mass is 358 g/mol. The van der Waals surface area contributed by atoms with E-state index < -0.39 is 0 Å². The standard InChI is InChI=1S/C20H23FN2O3/c21-16-5-3-15(4-6-16)13-23-9-8-20(14-23)12-17(7-11-26-20)22-19(24)18-2-1-10-25-18/h1-6,10,17H,7-9,11-14H2,(H,22,24)/t17-,20+/m0/s1. The molecule has 1 aromatic carbocycles. The van der Waals surface area contributed by atoms with Crippen molar-refractivity contribution in [1.29, 1.82) is 0 Å². The van der Waals surface area contributed by atoms with E-state index in [1.165, 1.54) is 18.4 Å². The average molecular weight is 358 g/mol. The van der Waals surface area contributed by atoms with E-state index in [1.807, 2.05) is 12.1 Å². The first-order valence-electron chi connectivity index (χ1n) is 9.07. The summed E-state index contributed by atoms with van der Waals surface area (Å²) in [7, 11) is 0. The Morgan fingerprint density at radius 1 is 1.31 bits per heavy atom. The Morgan fingerprint density at radius 2 is 2.15 bits per heavy atom. The van der Waals surface area contributed by atoms with E-state index in [0.717, 1.165) is 44.5 Å². The van der Waals surface area contributed by atoms with Crippen LogP contribution in [0.5, 0.6) is 0 Å². The highest BCUT2D eigenvalue weighted by Gasteiger charge is 2.43. The van der Waals surface area contributed by atoms with Gasteiger partial charge in [0.25, 0.3) is 5.91 Å². The minimum atomic E-state index is -0.211. The van der Waals surface area contributed by atoms with Crippen LogP contribution in [0.15, 0.2) is 47.1 Å². The number of likely N-dealkylation sites (tertiary alicyclic amines) is 1. The summed E-state index contributed by atoms with van der Waals surface area (Å²) < 4.78 is 24.4. The van der Waals surface area contributed by atoms with Gasteiger partial charge in [-0.15, -0.1) is 0 Å². The van der Waals surface area contributed by atoms with Gasteiger partial charge in [0.2, 0.25) is 0 Å². The van der Waals surface area contributed by atoms with Gasteiger partial charge < -0.3 is 14.5 Å². The molecule has 2 aliphatic heterocycles. The van der Waals surface area contributed by atoms with Crippen molar-refractivity contribution in [2.45, 2.75) is 37.5 Å². The van der Waals surface area contributed by atoms with Gasteiger partial charge >= 0.3 is 0 Å². The van der Waals surface area contributed by atoms with Crippen LogP contribution in [0.1, 0.15) is 35.4 Å². The van der Waals surface area contributed by atoms with Gasteiger partial charge in [-0.25, -0.2) is 4.39 Å². The summed E-state index contributed by atoms with van der Waals surface area (Å²) >= 11 is 0. The van der Waals surface area contributed by atoms with Crippen molar-refractivity contribution in [3.63, 3.8) is 0 Å². The number of carbonyl (C=O) groups is 1. The summed E-state index contributed by atoms with van der Waals surface area (Å²) in [6.07, 6.45) is 4.07. The van der Waals surface area contributed by atoms with Crippen LogP contribution in [0.3, 0.4) is 0 Å². The molecule has 26 heavy (non-hydrogen) atoms. The Kier molecular flexibility index (Phi) is 4.78. The van der Waals surface area contributed by atoms with Crippen molar-refractivity contribution < 1.29 is 18.3 Å². The summed E-state index contributed by atoms with van der Waals surface area (Å²) in [5.41, 5.74) is 0.890. The number of nitrogens with one attached hydrogen (secondary N) is 1. The molecule has 0 radical (unpaired) electrons. The van der Waals surface area contributed by atoms with Crippen LogP contribution in [0.4, 0.5) is 4.39 Å². The van der Waals surface area contributed by atoms with E-state index >= 15 is 0 Å². The summed E-state index contributed by atoms with van der Waals surface area (Å²) in [5.74, 6) is -0.0366. The third-order valence-electron chi connectivity index (χ3n) is 5.29. The summed E-state index contributed by atoms with van der Waals surface area (Å²) in [4.78, 5) is 14.6. The molecular formula is C20H23FN2O3. The topological polar surface area (TPSA) is 54.7 Å². The van der Waals surface area contributed by atoms with Gasteiger partial charge in [-0.2, -0.15) is 0 Å². The molecule has 2 aliphatic rings.